The lowest BCUT2D eigenvalue weighted by molar-refractivity contribution is 0.169. The molecule has 1 heterocycles. The smallest absolute Gasteiger partial charge is 0.411 e. The molecule has 0 aliphatic carbocycles. The van der Waals surface area contributed by atoms with E-state index in [0.717, 1.165) is 27.6 Å². The Morgan fingerprint density at radius 1 is 1.00 bits per heavy atom. The second kappa shape index (κ2) is 10.4. The van der Waals surface area contributed by atoms with Crippen LogP contribution in [0.5, 0.6) is 0 Å². The van der Waals surface area contributed by atoms with Gasteiger partial charge in [-0.2, -0.15) is 0 Å². The summed E-state index contributed by atoms with van der Waals surface area (Å²) in [5, 5.41) is 3.65. The van der Waals surface area contributed by atoms with Gasteiger partial charge < -0.3 is 9.72 Å². The van der Waals surface area contributed by atoms with Crippen molar-refractivity contribution >= 4 is 46.3 Å². The summed E-state index contributed by atoms with van der Waals surface area (Å²) in [5.41, 5.74) is 5.30. The molecular formula is C24H23N3O2S2. The van der Waals surface area contributed by atoms with Gasteiger partial charge in [-0.1, -0.05) is 54.2 Å². The molecule has 31 heavy (non-hydrogen) atoms. The molecule has 0 saturated heterocycles. The molecule has 0 aliphatic rings. The zero-order valence-corrected chi connectivity index (χ0v) is 18.8. The highest BCUT2D eigenvalue weighted by molar-refractivity contribution is 7.99. The molecule has 4 aromatic rings. The third kappa shape index (κ3) is 5.83. The summed E-state index contributed by atoms with van der Waals surface area (Å²) in [6.07, 6.45) is -0.431. The first kappa shape index (κ1) is 21.3. The van der Waals surface area contributed by atoms with Crippen molar-refractivity contribution in [3.8, 4) is 0 Å². The maximum atomic E-state index is 11.9. The van der Waals surface area contributed by atoms with Crippen LogP contribution in [0.15, 0.2) is 82.8 Å². The number of aromatic nitrogens is 2. The van der Waals surface area contributed by atoms with E-state index in [4.69, 9.17) is 4.74 Å². The molecule has 0 radical (unpaired) electrons. The number of amides is 1. The third-order valence-electron chi connectivity index (χ3n) is 4.72. The first-order valence-corrected chi connectivity index (χ1v) is 11.9. The predicted octanol–water partition coefficient (Wildman–Crippen LogP) is 6.50. The van der Waals surface area contributed by atoms with Crippen molar-refractivity contribution in [2.75, 3.05) is 17.7 Å². The molecule has 2 N–H and O–H groups in total. The van der Waals surface area contributed by atoms with Gasteiger partial charge >= 0.3 is 6.09 Å². The lowest BCUT2D eigenvalue weighted by atomic mass is 10.1. The SMILES string of the molecule is Cc1c(CSc2nc3ccccc3[nH]2)cccc1SCCOC(=O)Nc1ccccc1. The number of anilines is 1. The van der Waals surface area contributed by atoms with Crippen LogP contribution in [0.2, 0.25) is 0 Å². The molecule has 4 rings (SSSR count). The topological polar surface area (TPSA) is 67.0 Å². The highest BCUT2D eigenvalue weighted by Crippen LogP contribution is 2.29. The zero-order chi connectivity index (χ0) is 21.5. The van der Waals surface area contributed by atoms with E-state index in [1.807, 2.05) is 54.6 Å². The Kier molecular flexibility index (Phi) is 7.17. The molecule has 0 aliphatic heterocycles. The van der Waals surface area contributed by atoms with Crippen LogP contribution < -0.4 is 5.32 Å². The molecule has 0 spiro atoms. The maximum Gasteiger partial charge on any atom is 0.411 e. The number of aromatic amines is 1. The number of nitrogens with one attached hydrogen (secondary N) is 2. The number of fused-ring (bicyclic) bond motifs is 1. The highest BCUT2D eigenvalue weighted by Gasteiger charge is 2.09. The Bertz CT molecular complexity index is 1130. The molecular weight excluding hydrogens is 426 g/mol. The third-order valence-corrected chi connectivity index (χ3v) is 6.77. The van der Waals surface area contributed by atoms with Crippen molar-refractivity contribution in [3.05, 3.63) is 83.9 Å². The summed E-state index contributed by atoms with van der Waals surface area (Å²) >= 11 is 3.40. The Morgan fingerprint density at radius 2 is 1.81 bits per heavy atom. The number of imidazole rings is 1. The van der Waals surface area contributed by atoms with E-state index in [1.54, 1.807) is 23.5 Å². The number of ether oxygens (including phenoxy) is 1. The molecule has 3 aromatic carbocycles. The first-order chi connectivity index (χ1) is 15.2. The summed E-state index contributed by atoms with van der Waals surface area (Å²) in [6, 6.07) is 23.7. The molecule has 0 saturated carbocycles. The minimum atomic E-state index is -0.431. The zero-order valence-electron chi connectivity index (χ0n) is 17.1. The van der Waals surface area contributed by atoms with E-state index >= 15 is 0 Å². The maximum absolute atomic E-state index is 11.9. The number of benzene rings is 3. The number of rotatable bonds is 8. The van der Waals surface area contributed by atoms with Crippen molar-refractivity contribution in [2.45, 2.75) is 22.7 Å². The average molecular weight is 450 g/mol. The van der Waals surface area contributed by atoms with Crippen LogP contribution in [0.25, 0.3) is 11.0 Å². The number of carbonyl (C=O) groups excluding carboxylic acids is 1. The van der Waals surface area contributed by atoms with Crippen molar-refractivity contribution in [3.63, 3.8) is 0 Å². The number of hydrogen-bond donors (Lipinski definition) is 2. The molecule has 5 nitrogen and oxygen atoms in total. The Balaban J connectivity index is 1.26. The van der Waals surface area contributed by atoms with E-state index in [0.29, 0.717) is 12.4 Å². The van der Waals surface area contributed by atoms with Crippen molar-refractivity contribution < 1.29 is 9.53 Å². The normalized spacial score (nSPS) is 10.9. The van der Waals surface area contributed by atoms with Gasteiger partial charge in [-0.25, -0.2) is 9.78 Å². The van der Waals surface area contributed by atoms with Crippen molar-refractivity contribution in [1.29, 1.82) is 0 Å². The Morgan fingerprint density at radius 3 is 2.65 bits per heavy atom. The van der Waals surface area contributed by atoms with Crippen LogP contribution in [-0.4, -0.2) is 28.4 Å². The Labute approximate surface area is 190 Å². The predicted molar refractivity (Wildman–Crippen MR) is 129 cm³/mol. The minimum absolute atomic E-state index is 0.348. The van der Waals surface area contributed by atoms with Crippen LogP contribution >= 0.6 is 23.5 Å². The van der Waals surface area contributed by atoms with Gasteiger partial charge in [0.05, 0.1) is 11.0 Å². The number of carbonyl (C=O) groups is 1. The van der Waals surface area contributed by atoms with Gasteiger partial charge in [0.2, 0.25) is 0 Å². The summed E-state index contributed by atoms with van der Waals surface area (Å²) in [6.45, 7) is 2.49. The monoisotopic (exact) mass is 449 g/mol. The molecule has 1 aromatic heterocycles. The second-order valence-corrected chi connectivity index (χ2v) is 8.96. The molecule has 0 bridgehead atoms. The van der Waals surface area contributed by atoms with Gasteiger partial charge in [-0.05, 0) is 48.4 Å². The average Bonchev–Trinajstić information content (AvgIpc) is 3.20. The quantitative estimate of drug-likeness (QED) is 0.237. The lowest BCUT2D eigenvalue weighted by Gasteiger charge is -2.11. The highest BCUT2D eigenvalue weighted by atomic mass is 32.2. The second-order valence-electron chi connectivity index (χ2n) is 6.86. The van der Waals surface area contributed by atoms with E-state index in [1.165, 1.54) is 16.0 Å². The molecule has 0 unspecified atom stereocenters. The number of para-hydroxylation sites is 3. The number of nitrogens with zero attached hydrogens (tertiary/aromatic N) is 1. The lowest BCUT2D eigenvalue weighted by Crippen LogP contribution is -2.15. The molecule has 0 fully saturated rings. The molecule has 1 amide bonds. The van der Waals surface area contributed by atoms with Gasteiger partial charge in [-0.15, -0.1) is 11.8 Å². The fourth-order valence-electron chi connectivity index (χ4n) is 3.08. The molecule has 0 atom stereocenters. The van der Waals surface area contributed by atoms with Crippen LogP contribution in [-0.2, 0) is 10.5 Å². The number of thioether (sulfide) groups is 2. The number of H-pyrrole nitrogens is 1. The van der Waals surface area contributed by atoms with E-state index < -0.39 is 6.09 Å². The fraction of sp³-hybridized carbons (Fsp3) is 0.167. The fourth-order valence-corrected chi connectivity index (χ4v) is 4.94. The Hall–Kier alpha value is -2.90. The van der Waals surface area contributed by atoms with Crippen LogP contribution in [0, 0.1) is 6.92 Å². The first-order valence-electron chi connectivity index (χ1n) is 9.97. The van der Waals surface area contributed by atoms with Crippen LogP contribution in [0.3, 0.4) is 0 Å². The van der Waals surface area contributed by atoms with Crippen LogP contribution in [0.4, 0.5) is 10.5 Å². The van der Waals surface area contributed by atoms with Gasteiger partial charge in [0, 0.05) is 22.1 Å². The van der Waals surface area contributed by atoms with E-state index in [-0.39, 0.29) is 0 Å². The van der Waals surface area contributed by atoms with Crippen molar-refractivity contribution in [1.82, 2.24) is 9.97 Å². The van der Waals surface area contributed by atoms with Crippen molar-refractivity contribution in [2.24, 2.45) is 0 Å². The van der Waals surface area contributed by atoms with Gasteiger partial charge in [0.25, 0.3) is 0 Å². The van der Waals surface area contributed by atoms with Gasteiger partial charge in [0.1, 0.15) is 6.61 Å². The number of hydrogen-bond acceptors (Lipinski definition) is 5. The minimum Gasteiger partial charge on any atom is -0.448 e. The summed E-state index contributed by atoms with van der Waals surface area (Å²) in [4.78, 5) is 21.1. The van der Waals surface area contributed by atoms with E-state index in [9.17, 15) is 4.79 Å². The summed E-state index contributed by atoms with van der Waals surface area (Å²) < 4.78 is 5.28. The summed E-state index contributed by atoms with van der Waals surface area (Å²) in [5.74, 6) is 1.54. The molecule has 158 valence electrons. The largest absolute Gasteiger partial charge is 0.448 e. The van der Waals surface area contributed by atoms with Gasteiger partial charge in [0.15, 0.2) is 5.16 Å². The van der Waals surface area contributed by atoms with E-state index in [2.05, 4.69) is 40.4 Å². The standard InChI is InChI=1S/C24H23N3O2S2/c1-17-18(16-31-23-26-20-11-5-6-12-21(20)27-23)8-7-13-22(17)30-15-14-29-24(28)25-19-9-3-2-4-10-19/h2-13H,14-16H2,1H3,(H,25,28)(H,26,27). The summed E-state index contributed by atoms with van der Waals surface area (Å²) in [7, 11) is 0. The van der Waals surface area contributed by atoms with Gasteiger partial charge in [-0.3, -0.25) is 5.32 Å². The molecule has 7 heteroatoms. The van der Waals surface area contributed by atoms with Crippen LogP contribution in [0.1, 0.15) is 11.1 Å².